The molecule has 0 fully saturated rings. The summed E-state index contributed by atoms with van der Waals surface area (Å²) in [5.41, 5.74) is 2.02. The van der Waals surface area contributed by atoms with E-state index in [9.17, 15) is 4.79 Å². The van der Waals surface area contributed by atoms with Crippen molar-refractivity contribution in [3.8, 4) is 10.7 Å². The summed E-state index contributed by atoms with van der Waals surface area (Å²) in [6.45, 7) is 2.00. The van der Waals surface area contributed by atoms with Crippen molar-refractivity contribution in [1.29, 1.82) is 0 Å². The molecule has 3 heterocycles. The number of aromatic nitrogens is 4. The van der Waals surface area contributed by atoms with Gasteiger partial charge in [0.1, 0.15) is 0 Å². The van der Waals surface area contributed by atoms with E-state index in [2.05, 4.69) is 25.5 Å². The summed E-state index contributed by atoms with van der Waals surface area (Å²) >= 11 is 1.58. The summed E-state index contributed by atoms with van der Waals surface area (Å²) < 4.78 is 0. The van der Waals surface area contributed by atoms with Crippen LogP contribution in [-0.2, 0) is 4.79 Å². The summed E-state index contributed by atoms with van der Waals surface area (Å²) in [5, 5.41) is 11.4. The second-order valence-electron chi connectivity index (χ2n) is 4.54. The molecule has 3 aromatic rings. The van der Waals surface area contributed by atoms with Gasteiger partial charge < -0.3 is 0 Å². The monoisotopic (exact) mass is 311 g/mol. The summed E-state index contributed by atoms with van der Waals surface area (Å²) in [5.74, 6) is 0.623. The number of H-pyrrole nitrogens is 1. The van der Waals surface area contributed by atoms with Crippen LogP contribution in [-0.4, -0.2) is 26.1 Å². The van der Waals surface area contributed by atoms with Crippen LogP contribution in [0.3, 0.4) is 0 Å². The molecule has 6 nitrogen and oxygen atoms in total. The van der Waals surface area contributed by atoms with Gasteiger partial charge in [0.25, 0.3) is 5.91 Å². The van der Waals surface area contributed by atoms with E-state index < -0.39 is 0 Å². The molecule has 0 unspecified atom stereocenters. The first-order valence-corrected chi connectivity index (χ1v) is 7.46. The fourth-order valence-corrected chi connectivity index (χ4v) is 2.70. The Balaban J connectivity index is 1.67. The number of pyridine rings is 1. The largest absolute Gasteiger partial charge is 0.290 e. The van der Waals surface area contributed by atoms with Gasteiger partial charge in [0, 0.05) is 18.5 Å². The van der Waals surface area contributed by atoms with Crippen molar-refractivity contribution in [2.45, 2.75) is 6.92 Å². The normalized spacial score (nSPS) is 11.0. The van der Waals surface area contributed by atoms with Crippen LogP contribution in [0.15, 0.2) is 42.0 Å². The number of anilines is 1. The number of nitrogens with zero attached hydrogens (tertiary/aromatic N) is 3. The standard InChI is InChI=1S/C15H13N5OS/c1-10-6-9-22-13(10)14-18-15(20-19-14)17-12(21)3-2-11-4-7-16-8-5-11/h2-9H,1H3,(H2,17,18,19,20,21). The number of hydrogen-bond acceptors (Lipinski definition) is 5. The molecule has 0 aliphatic carbocycles. The number of carbonyl (C=O) groups excluding carboxylic acids is 1. The molecule has 0 aliphatic rings. The topological polar surface area (TPSA) is 83.6 Å². The lowest BCUT2D eigenvalue weighted by molar-refractivity contribution is -0.111. The van der Waals surface area contributed by atoms with E-state index >= 15 is 0 Å². The van der Waals surface area contributed by atoms with Crippen LogP contribution in [0.2, 0.25) is 0 Å². The van der Waals surface area contributed by atoms with Crippen LogP contribution in [0.25, 0.3) is 16.8 Å². The molecule has 3 aromatic heterocycles. The van der Waals surface area contributed by atoms with Crippen molar-refractivity contribution in [2.24, 2.45) is 0 Å². The van der Waals surface area contributed by atoms with Crippen LogP contribution in [0.4, 0.5) is 5.95 Å². The molecule has 0 saturated carbocycles. The zero-order valence-electron chi connectivity index (χ0n) is 11.8. The van der Waals surface area contributed by atoms with Gasteiger partial charge in [-0.2, -0.15) is 4.98 Å². The first-order valence-electron chi connectivity index (χ1n) is 6.58. The van der Waals surface area contributed by atoms with Gasteiger partial charge >= 0.3 is 0 Å². The molecule has 0 aromatic carbocycles. The smallest absolute Gasteiger partial charge is 0.250 e. The third-order valence-electron chi connectivity index (χ3n) is 2.93. The second kappa shape index (κ2) is 6.31. The first-order chi connectivity index (χ1) is 10.7. The van der Waals surface area contributed by atoms with Gasteiger partial charge in [0.2, 0.25) is 5.95 Å². The van der Waals surface area contributed by atoms with E-state index in [-0.39, 0.29) is 11.9 Å². The number of aromatic amines is 1. The number of carbonyl (C=O) groups is 1. The highest BCUT2D eigenvalue weighted by Crippen LogP contribution is 2.26. The quantitative estimate of drug-likeness (QED) is 0.726. The van der Waals surface area contributed by atoms with Gasteiger partial charge in [0.05, 0.1) is 4.88 Å². The zero-order valence-corrected chi connectivity index (χ0v) is 12.6. The van der Waals surface area contributed by atoms with Crippen molar-refractivity contribution in [3.63, 3.8) is 0 Å². The van der Waals surface area contributed by atoms with Crippen LogP contribution >= 0.6 is 11.3 Å². The van der Waals surface area contributed by atoms with E-state index in [0.29, 0.717) is 5.82 Å². The molecule has 0 aliphatic heterocycles. The Labute approximate surface area is 131 Å². The van der Waals surface area contributed by atoms with Crippen molar-refractivity contribution >= 4 is 29.3 Å². The van der Waals surface area contributed by atoms with E-state index in [4.69, 9.17) is 0 Å². The minimum absolute atomic E-state index is 0.257. The second-order valence-corrected chi connectivity index (χ2v) is 5.46. The molecule has 7 heteroatoms. The van der Waals surface area contributed by atoms with Crippen LogP contribution in [0, 0.1) is 6.92 Å². The lowest BCUT2D eigenvalue weighted by Gasteiger charge is -1.95. The third-order valence-corrected chi connectivity index (χ3v) is 3.95. The van der Waals surface area contributed by atoms with Gasteiger partial charge in [0.15, 0.2) is 5.82 Å². The highest BCUT2D eigenvalue weighted by Gasteiger charge is 2.10. The van der Waals surface area contributed by atoms with E-state index in [0.717, 1.165) is 16.0 Å². The van der Waals surface area contributed by atoms with Gasteiger partial charge in [-0.3, -0.25) is 20.2 Å². The molecule has 2 N–H and O–H groups in total. The molecule has 1 amide bonds. The number of aryl methyl sites for hydroxylation is 1. The molecule has 0 saturated heterocycles. The molecule has 0 spiro atoms. The van der Waals surface area contributed by atoms with Crippen molar-refractivity contribution < 1.29 is 4.79 Å². The number of amides is 1. The minimum Gasteiger partial charge on any atom is -0.290 e. The Bertz CT molecular complexity index is 806. The Kier molecular flexibility index (Phi) is 4.06. The Morgan fingerprint density at radius 3 is 2.86 bits per heavy atom. The zero-order chi connectivity index (χ0) is 15.4. The summed E-state index contributed by atoms with van der Waals surface area (Å²) in [4.78, 5) is 21.1. The summed E-state index contributed by atoms with van der Waals surface area (Å²) in [6, 6.07) is 5.64. The molecular formula is C15H13N5OS. The SMILES string of the molecule is Cc1ccsc1-c1nc(NC(=O)C=Cc2ccncc2)n[nH]1. The first kappa shape index (κ1) is 14.2. The van der Waals surface area contributed by atoms with Crippen molar-refractivity contribution in [2.75, 3.05) is 5.32 Å². The number of rotatable bonds is 4. The Morgan fingerprint density at radius 1 is 1.32 bits per heavy atom. The minimum atomic E-state index is -0.287. The Morgan fingerprint density at radius 2 is 2.14 bits per heavy atom. The maximum Gasteiger partial charge on any atom is 0.250 e. The van der Waals surface area contributed by atoms with Crippen LogP contribution < -0.4 is 5.32 Å². The molecule has 0 atom stereocenters. The summed E-state index contributed by atoms with van der Waals surface area (Å²) in [6.07, 6.45) is 6.47. The van der Waals surface area contributed by atoms with E-state index in [1.807, 2.05) is 30.5 Å². The van der Waals surface area contributed by atoms with E-state index in [1.165, 1.54) is 6.08 Å². The number of hydrogen-bond donors (Lipinski definition) is 2. The van der Waals surface area contributed by atoms with Crippen LogP contribution in [0.5, 0.6) is 0 Å². The van der Waals surface area contributed by atoms with Gasteiger partial charge in [-0.15, -0.1) is 16.4 Å². The third kappa shape index (κ3) is 3.26. The Hall–Kier alpha value is -2.80. The van der Waals surface area contributed by atoms with Crippen LogP contribution in [0.1, 0.15) is 11.1 Å². The van der Waals surface area contributed by atoms with Crippen molar-refractivity contribution in [1.82, 2.24) is 20.2 Å². The number of thiophene rings is 1. The fourth-order valence-electron chi connectivity index (χ4n) is 1.83. The lowest BCUT2D eigenvalue weighted by Crippen LogP contribution is -2.09. The average Bonchev–Trinajstić information content (AvgIpc) is 3.15. The molecular weight excluding hydrogens is 298 g/mol. The fraction of sp³-hybridized carbons (Fsp3) is 0.0667. The average molecular weight is 311 g/mol. The maximum absolute atomic E-state index is 11.8. The number of nitrogens with one attached hydrogen (secondary N) is 2. The van der Waals surface area contributed by atoms with Gasteiger partial charge in [-0.05, 0) is 47.7 Å². The predicted molar refractivity (Wildman–Crippen MR) is 86.3 cm³/mol. The van der Waals surface area contributed by atoms with Crippen molar-refractivity contribution in [3.05, 3.63) is 53.2 Å². The highest BCUT2D eigenvalue weighted by atomic mass is 32.1. The molecule has 22 heavy (non-hydrogen) atoms. The molecule has 110 valence electrons. The molecule has 3 rings (SSSR count). The van der Waals surface area contributed by atoms with E-state index in [1.54, 1.807) is 29.8 Å². The molecule has 0 radical (unpaired) electrons. The molecule has 0 bridgehead atoms. The predicted octanol–water partition coefficient (Wildman–Crippen LogP) is 2.89. The lowest BCUT2D eigenvalue weighted by atomic mass is 10.2. The van der Waals surface area contributed by atoms with Gasteiger partial charge in [-0.25, -0.2) is 0 Å². The summed E-state index contributed by atoms with van der Waals surface area (Å²) in [7, 11) is 0. The highest BCUT2D eigenvalue weighted by molar-refractivity contribution is 7.13. The van der Waals surface area contributed by atoms with Gasteiger partial charge in [-0.1, -0.05) is 0 Å². The maximum atomic E-state index is 11.8.